The number of nitrogens with zero attached hydrogens (tertiary/aromatic N) is 6. The van der Waals surface area contributed by atoms with Gasteiger partial charge in [0.25, 0.3) is 0 Å². The van der Waals surface area contributed by atoms with E-state index in [1.165, 1.54) is 39.0 Å². The topological polar surface area (TPSA) is 60.4 Å². The molecule has 0 saturated heterocycles. The fraction of sp³-hybridized carbons (Fsp3) is 0.246. The molecule has 0 aliphatic heterocycles. The summed E-state index contributed by atoms with van der Waals surface area (Å²) in [5.74, 6) is 0.434. The summed E-state index contributed by atoms with van der Waals surface area (Å²) in [6, 6.07) is 46.9. The zero-order valence-corrected chi connectivity index (χ0v) is 39.7. The molecule has 13 rings (SSSR count). The fourth-order valence-electron chi connectivity index (χ4n) is 13.4. The maximum absolute atomic E-state index is 5.99. The summed E-state index contributed by atoms with van der Waals surface area (Å²) in [6.45, 7) is 18.8. The molecule has 1 atom stereocenters. The van der Waals surface area contributed by atoms with Gasteiger partial charge in [0.15, 0.2) is 0 Å². The Bertz CT molecular complexity index is 3990. The van der Waals surface area contributed by atoms with Gasteiger partial charge in [-0.15, -0.1) is 0 Å². The molecule has 6 nitrogen and oxygen atoms in total. The average molecular weight is 871 g/mol. The van der Waals surface area contributed by atoms with Crippen LogP contribution in [0.3, 0.4) is 0 Å². The summed E-state index contributed by atoms with van der Waals surface area (Å²) in [5, 5.41) is 4.45. The highest BCUT2D eigenvalue weighted by molar-refractivity contribution is 6.14. The Morgan fingerprint density at radius 1 is 0.507 bits per heavy atom. The van der Waals surface area contributed by atoms with Crippen LogP contribution in [0.2, 0.25) is 0 Å². The maximum atomic E-state index is 5.99. The van der Waals surface area contributed by atoms with Crippen molar-refractivity contribution < 1.29 is 0 Å². The Labute approximate surface area is 390 Å². The minimum Gasteiger partial charge on any atom is -0.290 e. The van der Waals surface area contributed by atoms with Crippen LogP contribution < -0.4 is 0 Å². The van der Waals surface area contributed by atoms with Gasteiger partial charge in [-0.3, -0.25) is 8.80 Å². The number of hydrogen-bond donors (Lipinski definition) is 0. The third kappa shape index (κ3) is 5.38. The number of para-hydroxylation sites is 4. The quantitative estimate of drug-likeness (QED) is 0.165. The average Bonchev–Trinajstić information content (AvgIpc) is 3.97. The molecule has 0 bridgehead atoms. The van der Waals surface area contributed by atoms with Crippen molar-refractivity contribution in [3.8, 4) is 11.1 Å². The summed E-state index contributed by atoms with van der Waals surface area (Å²) < 4.78 is 4.69. The van der Waals surface area contributed by atoms with E-state index in [0.717, 1.165) is 108 Å². The number of fused-ring (bicyclic) bond motifs is 16. The van der Waals surface area contributed by atoms with E-state index < -0.39 is 5.41 Å². The molecule has 2 aliphatic rings. The molecule has 6 heteroatoms. The lowest BCUT2D eigenvalue weighted by atomic mass is 9.54. The molecule has 328 valence electrons. The van der Waals surface area contributed by atoms with E-state index in [9.17, 15) is 0 Å². The molecule has 0 radical (unpaired) electrons. The van der Waals surface area contributed by atoms with Crippen LogP contribution in [-0.2, 0) is 5.41 Å². The summed E-state index contributed by atoms with van der Waals surface area (Å²) in [4.78, 5) is 22.6. The van der Waals surface area contributed by atoms with E-state index >= 15 is 0 Å². The van der Waals surface area contributed by atoms with Crippen LogP contribution in [0.15, 0.2) is 145 Å². The third-order valence-corrected chi connectivity index (χ3v) is 16.4. The highest BCUT2D eigenvalue weighted by Gasteiger charge is 2.63. The first-order chi connectivity index (χ1) is 32.4. The van der Waals surface area contributed by atoms with Gasteiger partial charge in [0.05, 0.1) is 60.9 Å². The largest absolute Gasteiger partial charge is 0.290 e. The fourth-order valence-corrected chi connectivity index (χ4v) is 13.4. The van der Waals surface area contributed by atoms with Crippen molar-refractivity contribution in [1.29, 1.82) is 0 Å². The van der Waals surface area contributed by atoms with Crippen LogP contribution in [0, 0.1) is 30.6 Å². The molecule has 2 aliphatic carbocycles. The molecule has 0 N–H and O–H groups in total. The Kier molecular flexibility index (Phi) is 8.34. The van der Waals surface area contributed by atoms with Crippen molar-refractivity contribution in [2.45, 2.75) is 80.1 Å². The van der Waals surface area contributed by atoms with Crippen LogP contribution in [0.25, 0.3) is 93.7 Å². The minimum atomic E-state index is -0.553. The SMILES string of the molecule is CC1=C(c2ccc3c(c2)c2nc4ccccc4n2c2ccc(C4(c5ccc6c(n5)c5ccc(-c7c(C)cccc7C)cc5c5nc7ccccc7n65)C(C)(C)CCC4(C)C)nc32)C(C)CC=C1. The molecule has 67 heavy (non-hydrogen) atoms. The second-order valence-electron chi connectivity index (χ2n) is 21.1. The van der Waals surface area contributed by atoms with Crippen LogP contribution in [0.1, 0.15) is 88.9 Å². The van der Waals surface area contributed by atoms with E-state index in [-0.39, 0.29) is 10.8 Å². The second-order valence-corrected chi connectivity index (χ2v) is 21.1. The molecule has 0 amide bonds. The second kappa shape index (κ2) is 13.9. The van der Waals surface area contributed by atoms with Gasteiger partial charge in [-0.25, -0.2) is 19.9 Å². The van der Waals surface area contributed by atoms with Gasteiger partial charge in [0, 0.05) is 21.5 Å². The number of aromatic nitrogens is 6. The van der Waals surface area contributed by atoms with E-state index in [0.29, 0.717) is 5.92 Å². The summed E-state index contributed by atoms with van der Waals surface area (Å²) >= 11 is 0. The van der Waals surface area contributed by atoms with Crippen molar-refractivity contribution in [3.05, 3.63) is 173 Å². The molecule has 6 heterocycles. The number of pyridine rings is 4. The summed E-state index contributed by atoms with van der Waals surface area (Å²) in [5.41, 5.74) is 20.3. The van der Waals surface area contributed by atoms with E-state index in [1.54, 1.807) is 0 Å². The minimum absolute atomic E-state index is 0.196. The number of imidazole rings is 2. The number of allylic oxidation sites excluding steroid dienone is 4. The van der Waals surface area contributed by atoms with Crippen molar-refractivity contribution in [1.82, 2.24) is 28.7 Å². The Morgan fingerprint density at radius 3 is 1.55 bits per heavy atom. The molecular formula is C61H54N6. The first-order valence-electron chi connectivity index (χ1n) is 24.1. The third-order valence-electron chi connectivity index (χ3n) is 16.4. The van der Waals surface area contributed by atoms with Gasteiger partial charge in [0.2, 0.25) is 0 Å². The predicted molar refractivity (Wildman–Crippen MR) is 279 cm³/mol. The smallest absolute Gasteiger partial charge is 0.146 e. The van der Waals surface area contributed by atoms with E-state index in [1.807, 2.05) is 0 Å². The highest BCUT2D eigenvalue weighted by atomic mass is 15.0. The van der Waals surface area contributed by atoms with Gasteiger partial charge < -0.3 is 0 Å². The zero-order chi connectivity index (χ0) is 45.7. The summed E-state index contributed by atoms with van der Waals surface area (Å²) in [7, 11) is 0. The van der Waals surface area contributed by atoms with Crippen LogP contribution in [0.4, 0.5) is 0 Å². The zero-order valence-electron chi connectivity index (χ0n) is 39.7. The predicted octanol–water partition coefficient (Wildman–Crippen LogP) is 15.5. The molecular weight excluding hydrogens is 817 g/mol. The normalized spacial score (nSPS) is 18.1. The van der Waals surface area contributed by atoms with Crippen molar-refractivity contribution in [2.24, 2.45) is 16.7 Å². The molecule has 1 fully saturated rings. The van der Waals surface area contributed by atoms with Crippen molar-refractivity contribution in [3.63, 3.8) is 0 Å². The van der Waals surface area contributed by atoms with Crippen LogP contribution >= 0.6 is 0 Å². The first-order valence-corrected chi connectivity index (χ1v) is 24.1. The van der Waals surface area contributed by atoms with Gasteiger partial charge in [-0.1, -0.05) is 114 Å². The lowest BCUT2D eigenvalue weighted by molar-refractivity contribution is 0.136. The van der Waals surface area contributed by atoms with Gasteiger partial charge in [-0.2, -0.15) is 0 Å². The van der Waals surface area contributed by atoms with Crippen molar-refractivity contribution >= 4 is 82.5 Å². The Hall–Kier alpha value is -7.18. The Morgan fingerprint density at radius 2 is 1.01 bits per heavy atom. The number of hydrogen-bond acceptors (Lipinski definition) is 4. The molecule has 6 aromatic heterocycles. The number of rotatable bonds is 4. The molecule has 0 spiro atoms. The molecule has 1 unspecified atom stereocenters. The van der Waals surface area contributed by atoms with Crippen LogP contribution in [-0.4, -0.2) is 28.7 Å². The lowest BCUT2D eigenvalue weighted by Crippen LogP contribution is -2.49. The lowest BCUT2D eigenvalue weighted by Gasteiger charge is -2.49. The first kappa shape index (κ1) is 40.1. The van der Waals surface area contributed by atoms with Gasteiger partial charge in [-0.05, 0) is 156 Å². The number of aryl methyl sites for hydroxylation is 2. The van der Waals surface area contributed by atoms with E-state index in [4.69, 9.17) is 19.9 Å². The molecule has 5 aromatic carbocycles. The molecule has 11 aromatic rings. The highest BCUT2D eigenvalue weighted by Crippen LogP contribution is 2.66. The van der Waals surface area contributed by atoms with Crippen molar-refractivity contribution in [2.75, 3.05) is 0 Å². The van der Waals surface area contributed by atoms with E-state index in [2.05, 4.69) is 204 Å². The van der Waals surface area contributed by atoms with Gasteiger partial charge in [0.1, 0.15) is 11.3 Å². The maximum Gasteiger partial charge on any atom is 0.146 e. The molecule has 1 saturated carbocycles. The monoisotopic (exact) mass is 870 g/mol. The standard InChI is InChI=1S/C61H54N6/c1-35-15-13-16-36(2)53(35)39-23-25-41-43(33-39)57-62-45-19-9-11-21-47(45)66(57)49-27-29-51(64-55(41)49)61(59(5,6)31-32-60(61,7)8)52-30-28-50-56(65-52)42-26-24-40(54-37(3)17-14-18-38(54)4)34-44(42)58-63-46-20-10-12-22-48(46)67(50)58/h9-17,19-30,33-34,38H,18,31-32H2,1-8H3. The number of benzene rings is 5. The van der Waals surface area contributed by atoms with Gasteiger partial charge >= 0.3 is 0 Å². The van der Waals surface area contributed by atoms with Crippen LogP contribution in [0.5, 0.6) is 0 Å². The Balaban J connectivity index is 1.11. The summed E-state index contributed by atoms with van der Waals surface area (Å²) in [6.07, 6.45) is 7.72.